The van der Waals surface area contributed by atoms with E-state index in [2.05, 4.69) is 18.3 Å². The third kappa shape index (κ3) is 4.04. The number of methoxy groups -OCH3 is 1. The number of ether oxygens (including phenoxy) is 1. The lowest BCUT2D eigenvalue weighted by Gasteiger charge is -2.40. The fraction of sp³-hybridized carbons (Fsp3) is 0.231. The lowest BCUT2D eigenvalue weighted by atomic mass is 9.88. The van der Waals surface area contributed by atoms with Gasteiger partial charge in [-0.1, -0.05) is 30.3 Å². The van der Waals surface area contributed by atoms with Crippen LogP contribution in [0.5, 0.6) is 5.75 Å². The summed E-state index contributed by atoms with van der Waals surface area (Å²) in [4.78, 5) is 25.4. The average molecular weight is 431 g/mol. The van der Waals surface area contributed by atoms with Crippen molar-refractivity contribution in [1.29, 1.82) is 0 Å². The van der Waals surface area contributed by atoms with Crippen LogP contribution in [0.2, 0.25) is 0 Å². The van der Waals surface area contributed by atoms with Crippen LogP contribution in [0.25, 0.3) is 11.1 Å². The average Bonchev–Trinajstić information content (AvgIpc) is 2.79. The van der Waals surface area contributed by atoms with Crippen molar-refractivity contribution in [2.45, 2.75) is 32.4 Å². The number of aromatic carboxylic acids is 1. The molecule has 0 bridgehead atoms. The molecule has 4 rings (SSSR count). The molecule has 1 aliphatic heterocycles. The minimum Gasteiger partial charge on any atom is -0.495 e. The molecule has 1 amide bonds. The molecule has 3 aromatic carbocycles. The van der Waals surface area contributed by atoms with Crippen LogP contribution >= 0.6 is 0 Å². The maximum absolute atomic E-state index is 12.4. The molecule has 6 nitrogen and oxygen atoms in total. The smallest absolute Gasteiger partial charge is 0.335 e. The maximum Gasteiger partial charge on any atom is 0.335 e. The molecule has 0 aromatic heterocycles. The van der Waals surface area contributed by atoms with E-state index in [1.54, 1.807) is 26.2 Å². The quantitative estimate of drug-likeness (QED) is 0.570. The van der Waals surface area contributed by atoms with E-state index >= 15 is 0 Å². The zero-order chi connectivity index (χ0) is 22.8. The number of fused-ring (bicyclic) bond motifs is 1. The summed E-state index contributed by atoms with van der Waals surface area (Å²) >= 11 is 0. The molecule has 0 saturated heterocycles. The van der Waals surface area contributed by atoms with Crippen molar-refractivity contribution in [3.63, 3.8) is 0 Å². The van der Waals surface area contributed by atoms with Crippen LogP contribution in [0.3, 0.4) is 0 Å². The summed E-state index contributed by atoms with van der Waals surface area (Å²) < 4.78 is 5.51. The summed E-state index contributed by atoms with van der Waals surface area (Å²) in [5.74, 6) is -0.182. The van der Waals surface area contributed by atoms with Gasteiger partial charge in [0.15, 0.2) is 0 Å². The Morgan fingerprint density at radius 3 is 2.38 bits per heavy atom. The van der Waals surface area contributed by atoms with Crippen LogP contribution in [0.1, 0.15) is 42.2 Å². The van der Waals surface area contributed by atoms with Crippen LogP contribution in [-0.4, -0.2) is 30.1 Å². The molecule has 0 fully saturated rings. The summed E-state index contributed by atoms with van der Waals surface area (Å²) in [6.07, 6.45) is 0.742. The van der Waals surface area contributed by atoms with Crippen molar-refractivity contribution in [3.8, 4) is 16.9 Å². The highest BCUT2D eigenvalue weighted by Gasteiger charge is 2.33. The zero-order valence-corrected chi connectivity index (χ0v) is 18.3. The van der Waals surface area contributed by atoms with Crippen LogP contribution in [0.4, 0.5) is 11.4 Å². The molecule has 0 spiro atoms. The van der Waals surface area contributed by atoms with Gasteiger partial charge >= 0.3 is 5.97 Å². The monoisotopic (exact) mass is 430 g/mol. The summed E-state index contributed by atoms with van der Waals surface area (Å²) in [6, 6.07) is 20.6. The summed E-state index contributed by atoms with van der Waals surface area (Å²) in [5.41, 5.74) is 4.93. The highest BCUT2D eigenvalue weighted by Crippen LogP contribution is 2.42. The van der Waals surface area contributed by atoms with Crippen LogP contribution in [-0.2, 0) is 4.79 Å². The van der Waals surface area contributed by atoms with Crippen molar-refractivity contribution in [3.05, 3.63) is 77.9 Å². The Morgan fingerprint density at radius 1 is 1.03 bits per heavy atom. The number of carbonyl (C=O) groups is 2. The number of anilines is 2. The van der Waals surface area contributed by atoms with Crippen molar-refractivity contribution in [2.75, 3.05) is 17.3 Å². The number of para-hydroxylation sites is 2. The number of nitrogens with zero attached hydrogens (tertiary/aromatic N) is 1. The van der Waals surface area contributed by atoms with Crippen molar-refractivity contribution >= 4 is 23.3 Å². The molecule has 1 heterocycles. The van der Waals surface area contributed by atoms with E-state index in [9.17, 15) is 14.7 Å². The number of amides is 1. The molecule has 6 heteroatoms. The third-order valence-electron chi connectivity index (χ3n) is 5.92. The van der Waals surface area contributed by atoms with E-state index in [4.69, 9.17) is 4.74 Å². The van der Waals surface area contributed by atoms with Crippen molar-refractivity contribution in [2.24, 2.45) is 0 Å². The van der Waals surface area contributed by atoms with E-state index in [1.165, 1.54) is 0 Å². The van der Waals surface area contributed by atoms with Gasteiger partial charge in [-0.15, -0.1) is 0 Å². The Morgan fingerprint density at radius 2 is 1.72 bits per heavy atom. The van der Waals surface area contributed by atoms with Crippen LogP contribution in [0.15, 0.2) is 66.7 Å². The number of rotatable bonds is 5. The predicted octanol–water partition coefficient (Wildman–Crippen LogP) is 5.36. The number of hydrogen-bond acceptors (Lipinski definition) is 4. The second-order valence-corrected chi connectivity index (χ2v) is 8.03. The minimum atomic E-state index is -0.950. The highest BCUT2D eigenvalue weighted by molar-refractivity contribution is 5.94. The molecule has 2 atom stereocenters. The Kier molecular flexibility index (Phi) is 5.86. The predicted molar refractivity (Wildman–Crippen MR) is 125 cm³/mol. The van der Waals surface area contributed by atoms with Gasteiger partial charge in [0.1, 0.15) is 5.75 Å². The second-order valence-electron chi connectivity index (χ2n) is 8.03. The van der Waals surface area contributed by atoms with Gasteiger partial charge in [-0.25, -0.2) is 4.79 Å². The van der Waals surface area contributed by atoms with Gasteiger partial charge in [0, 0.05) is 18.7 Å². The first kappa shape index (κ1) is 21.4. The SMILES string of the molecule is COc1ccccc1N[C@@H]1C[C@H](C)N(C(C)=O)c2ccc(-c3ccc(C(=O)O)cc3)cc21. The number of carboxylic acids is 1. The van der Waals surface area contributed by atoms with E-state index in [1.807, 2.05) is 53.4 Å². The summed E-state index contributed by atoms with van der Waals surface area (Å²) in [6.45, 7) is 3.65. The molecule has 0 unspecified atom stereocenters. The molecule has 0 saturated carbocycles. The molecule has 0 radical (unpaired) electrons. The number of hydrogen-bond donors (Lipinski definition) is 2. The molecule has 32 heavy (non-hydrogen) atoms. The summed E-state index contributed by atoms with van der Waals surface area (Å²) in [7, 11) is 1.65. The van der Waals surface area contributed by atoms with Gasteiger partial charge in [0.2, 0.25) is 5.91 Å². The fourth-order valence-electron chi connectivity index (χ4n) is 4.42. The highest BCUT2D eigenvalue weighted by atomic mass is 16.5. The van der Waals surface area contributed by atoms with Crippen molar-refractivity contribution < 1.29 is 19.4 Å². The Labute approximate surface area is 187 Å². The molecular formula is C26H26N2O4. The van der Waals surface area contributed by atoms with Gasteiger partial charge in [0.05, 0.1) is 24.4 Å². The molecule has 0 aliphatic carbocycles. The lowest BCUT2D eigenvalue weighted by molar-refractivity contribution is -0.117. The zero-order valence-electron chi connectivity index (χ0n) is 18.3. The lowest BCUT2D eigenvalue weighted by Crippen LogP contribution is -2.43. The van der Waals surface area contributed by atoms with E-state index in [0.29, 0.717) is 0 Å². The van der Waals surface area contributed by atoms with Gasteiger partial charge in [0.25, 0.3) is 0 Å². The standard InChI is InChI=1S/C26H26N2O4/c1-16-14-23(27-22-6-4-5-7-25(22)32-3)21-15-20(12-13-24(21)28(16)17(2)29)18-8-10-19(11-9-18)26(30)31/h4-13,15-16,23,27H,14H2,1-3H3,(H,30,31)/t16-,23+/m0/s1. The second kappa shape index (κ2) is 8.75. The van der Waals surface area contributed by atoms with Gasteiger partial charge < -0.3 is 20.1 Å². The third-order valence-corrected chi connectivity index (χ3v) is 5.92. The topological polar surface area (TPSA) is 78.9 Å². The molecule has 164 valence electrons. The molecular weight excluding hydrogens is 404 g/mol. The molecule has 2 N–H and O–H groups in total. The fourth-order valence-corrected chi connectivity index (χ4v) is 4.42. The van der Waals surface area contributed by atoms with Crippen LogP contribution in [0, 0.1) is 0 Å². The Bertz CT molecular complexity index is 1160. The number of benzene rings is 3. The molecule has 1 aliphatic rings. The van der Waals surface area contributed by atoms with E-state index in [-0.39, 0.29) is 23.6 Å². The normalized spacial score (nSPS) is 17.4. The number of carboxylic acid groups (broad SMARTS) is 1. The first-order valence-corrected chi connectivity index (χ1v) is 10.6. The van der Waals surface area contributed by atoms with E-state index in [0.717, 1.165) is 40.2 Å². The Hall–Kier alpha value is -3.80. The van der Waals surface area contributed by atoms with Crippen molar-refractivity contribution in [1.82, 2.24) is 0 Å². The minimum absolute atomic E-state index is 0.00746. The first-order valence-electron chi connectivity index (χ1n) is 10.6. The van der Waals surface area contributed by atoms with Gasteiger partial charge in [-0.2, -0.15) is 0 Å². The largest absolute Gasteiger partial charge is 0.495 e. The van der Waals surface area contributed by atoms with Gasteiger partial charge in [-0.3, -0.25) is 4.79 Å². The summed E-state index contributed by atoms with van der Waals surface area (Å²) in [5, 5.41) is 12.8. The number of carbonyl (C=O) groups excluding carboxylic acids is 1. The van der Waals surface area contributed by atoms with Crippen LogP contribution < -0.4 is 15.0 Å². The maximum atomic E-state index is 12.4. The number of nitrogens with one attached hydrogen (secondary N) is 1. The molecule has 3 aromatic rings. The Balaban J connectivity index is 1.77. The van der Waals surface area contributed by atoms with Gasteiger partial charge in [-0.05, 0) is 66.4 Å². The first-order chi connectivity index (χ1) is 15.4. The van der Waals surface area contributed by atoms with E-state index < -0.39 is 5.97 Å².